The molecule has 1 saturated heterocycles. The van der Waals surface area contributed by atoms with E-state index in [1.165, 1.54) is 21.0 Å². The molecule has 0 amide bonds. The molecular formula is C19H28N2O5S. The fourth-order valence-corrected chi connectivity index (χ4v) is 4.91. The summed E-state index contributed by atoms with van der Waals surface area (Å²) in [5.74, 6) is -0.283. The Labute approximate surface area is 160 Å². The van der Waals surface area contributed by atoms with Gasteiger partial charge in [-0.3, -0.25) is 4.57 Å². The molecule has 0 bridgehead atoms. The Morgan fingerprint density at radius 2 is 2.00 bits per heavy atom. The Hall–Kier alpha value is -1.64. The Morgan fingerprint density at radius 3 is 2.67 bits per heavy atom. The van der Waals surface area contributed by atoms with E-state index in [1.54, 1.807) is 13.1 Å². The van der Waals surface area contributed by atoms with Crippen LogP contribution in [-0.2, 0) is 21.8 Å². The number of morpholine rings is 1. The van der Waals surface area contributed by atoms with Gasteiger partial charge >= 0.3 is 5.76 Å². The number of unbranched alkanes of at least 4 members (excludes halogenated alkanes) is 1. The first-order valence-corrected chi connectivity index (χ1v) is 10.9. The van der Waals surface area contributed by atoms with Gasteiger partial charge in [-0.15, -0.1) is 0 Å². The molecule has 150 valence electrons. The molecule has 0 radical (unpaired) electrons. The molecule has 1 aliphatic heterocycles. The third-order valence-electron chi connectivity index (χ3n) is 5.18. The number of hydrogen-bond donors (Lipinski definition) is 0. The van der Waals surface area contributed by atoms with Crippen LogP contribution in [0, 0.1) is 5.92 Å². The monoisotopic (exact) mass is 396 g/mol. The minimum atomic E-state index is -3.69. The van der Waals surface area contributed by atoms with Gasteiger partial charge in [-0.25, -0.2) is 13.2 Å². The molecule has 1 fully saturated rings. The maximum atomic E-state index is 13.3. The zero-order valence-electron chi connectivity index (χ0n) is 16.3. The highest BCUT2D eigenvalue weighted by molar-refractivity contribution is 7.89. The van der Waals surface area contributed by atoms with E-state index in [1.807, 2.05) is 13.8 Å². The number of nitrogens with zero attached hydrogens (tertiary/aromatic N) is 2. The second kappa shape index (κ2) is 7.77. The summed E-state index contributed by atoms with van der Waals surface area (Å²) in [6, 6.07) is 4.55. The molecule has 0 N–H and O–H groups in total. The lowest BCUT2D eigenvalue weighted by molar-refractivity contribution is -0.0858. The molecular weight excluding hydrogens is 368 g/mol. The van der Waals surface area contributed by atoms with Gasteiger partial charge in [0, 0.05) is 20.1 Å². The molecule has 0 unspecified atom stereocenters. The summed E-state index contributed by atoms with van der Waals surface area (Å²) in [5, 5.41) is 0. The van der Waals surface area contributed by atoms with Crippen LogP contribution in [0.25, 0.3) is 11.1 Å². The van der Waals surface area contributed by atoms with Crippen LogP contribution in [0.5, 0.6) is 0 Å². The van der Waals surface area contributed by atoms with Gasteiger partial charge in [-0.05, 0) is 30.5 Å². The molecule has 1 aromatic heterocycles. The summed E-state index contributed by atoms with van der Waals surface area (Å²) in [6.45, 7) is 6.90. The number of hydrogen-bond acceptors (Lipinski definition) is 5. The molecule has 1 aliphatic rings. The molecule has 7 nitrogen and oxygen atoms in total. The summed E-state index contributed by atoms with van der Waals surface area (Å²) < 4.78 is 40.7. The van der Waals surface area contributed by atoms with Crippen molar-refractivity contribution in [3.05, 3.63) is 28.7 Å². The van der Waals surface area contributed by atoms with E-state index in [-0.39, 0.29) is 23.0 Å². The number of aryl methyl sites for hydroxylation is 1. The lowest BCUT2D eigenvalue weighted by Crippen LogP contribution is -2.51. The molecule has 2 heterocycles. The van der Waals surface area contributed by atoms with Gasteiger partial charge in [-0.1, -0.05) is 33.6 Å². The zero-order chi connectivity index (χ0) is 19.8. The average Bonchev–Trinajstić information content (AvgIpc) is 2.93. The zero-order valence-corrected chi connectivity index (χ0v) is 17.2. The Bertz CT molecular complexity index is 960. The van der Waals surface area contributed by atoms with E-state index in [4.69, 9.17) is 9.15 Å². The van der Waals surface area contributed by atoms with Crippen LogP contribution < -0.4 is 5.76 Å². The number of aromatic nitrogens is 1. The van der Waals surface area contributed by atoms with Crippen LogP contribution in [-0.4, -0.2) is 42.6 Å². The van der Waals surface area contributed by atoms with Gasteiger partial charge < -0.3 is 9.15 Å². The summed E-state index contributed by atoms with van der Waals surface area (Å²) in [7, 11) is -2.12. The minimum absolute atomic E-state index is 0.0945. The first-order chi connectivity index (χ1) is 12.7. The second-order valence-corrected chi connectivity index (χ2v) is 9.50. The quantitative estimate of drug-likeness (QED) is 0.750. The summed E-state index contributed by atoms with van der Waals surface area (Å²) in [5.41, 5.74) is 0.849. The molecule has 0 spiro atoms. The van der Waals surface area contributed by atoms with Gasteiger partial charge in [-0.2, -0.15) is 4.31 Å². The third kappa shape index (κ3) is 3.97. The van der Waals surface area contributed by atoms with Gasteiger partial charge in [0.25, 0.3) is 0 Å². The molecule has 1 aromatic carbocycles. The molecule has 8 heteroatoms. The van der Waals surface area contributed by atoms with Crippen LogP contribution in [0.1, 0.15) is 40.0 Å². The standard InChI is InChI=1S/C19H28N2O5S/c1-5-6-7-14-11-21(12-18(25-14)13(2)3)27(23,24)15-8-9-17-16(10-15)20(4)19(22)26-17/h8-10,13-14,18H,5-7,11-12H2,1-4H3/t14-,18-/m1/s1. The molecule has 0 aliphatic carbocycles. The molecule has 2 aromatic rings. The van der Waals surface area contributed by atoms with E-state index in [0.29, 0.717) is 24.2 Å². The van der Waals surface area contributed by atoms with Gasteiger partial charge in [0.1, 0.15) is 0 Å². The lowest BCUT2D eigenvalue weighted by Gasteiger charge is -2.39. The maximum Gasteiger partial charge on any atom is 0.419 e. The van der Waals surface area contributed by atoms with Crippen molar-refractivity contribution in [2.75, 3.05) is 13.1 Å². The Kier molecular flexibility index (Phi) is 5.79. The van der Waals surface area contributed by atoms with Gasteiger partial charge in [0.15, 0.2) is 5.58 Å². The highest BCUT2D eigenvalue weighted by Gasteiger charge is 2.36. The normalized spacial score (nSPS) is 22.0. The molecule has 0 saturated carbocycles. The number of sulfonamides is 1. The summed E-state index contributed by atoms with van der Waals surface area (Å²) in [4.78, 5) is 11.9. The van der Waals surface area contributed by atoms with Crippen molar-refractivity contribution in [2.45, 2.75) is 57.1 Å². The predicted molar refractivity (Wildman–Crippen MR) is 103 cm³/mol. The van der Waals surface area contributed by atoms with E-state index < -0.39 is 15.8 Å². The van der Waals surface area contributed by atoms with E-state index in [9.17, 15) is 13.2 Å². The van der Waals surface area contributed by atoms with Crippen molar-refractivity contribution in [1.29, 1.82) is 0 Å². The molecule has 27 heavy (non-hydrogen) atoms. The number of ether oxygens (including phenoxy) is 1. The maximum absolute atomic E-state index is 13.3. The van der Waals surface area contributed by atoms with E-state index in [2.05, 4.69) is 6.92 Å². The first kappa shape index (κ1) is 20.1. The van der Waals surface area contributed by atoms with Crippen LogP contribution in [0.4, 0.5) is 0 Å². The van der Waals surface area contributed by atoms with Crippen molar-refractivity contribution in [2.24, 2.45) is 13.0 Å². The average molecular weight is 397 g/mol. The number of fused-ring (bicyclic) bond motifs is 1. The summed E-state index contributed by atoms with van der Waals surface area (Å²) in [6.07, 6.45) is 2.68. The fraction of sp³-hybridized carbons (Fsp3) is 0.632. The van der Waals surface area contributed by atoms with Crippen molar-refractivity contribution < 1.29 is 17.6 Å². The van der Waals surface area contributed by atoms with Gasteiger partial charge in [0.2, 0.25) is 10.0 Å². The number of rotatable bonds is 6. The minimum Gasteiger partial charge on any atom is -0.408 e. The fourth-order valence-electron chi connectivity index (χ4n) is 3.41. The second-order valence-electron chi connectivity index (χ2n) is 7.56. The Morgan fingerprint density at radius 1 is 1.26 bits per heavy atom. The highest BCUT2D eigenvalue weighted by Crippen LogP contribution is 2.27. The van der Waals surface area contributed by atoms with Crippen LogP contribution in [0.2, 0.25) is 0 Å². The third-order valence-corrected chi connectivity index (χ3v) is 7.01. The smallest absolute Gasteiger partial charge is 0.408 e. The lowest BCUT2D eigenvalue weighted by atomic mass is 10.0. The first-order valence-electron chi connectivity index (χ1n) is 9.49. The predicted octanol–water partition coefficient (Wildman–Crippen LogP) is 2.74. The van der Waals surface area contributed by atoms with Gasteiger partial charge in [0.05, 0.1) is 22.6 Å². The Balaban J connectivity index is 1.94. The van der Waals surface area contributed by atoms with Crippen molar-refractivity contribution in [3.8, 4) is 0 Å². The molecule has 2 atom stereocenters. The largest absolute Gasteiger partial charge is 0.419 e. The summed E-state index contributed by atoms with van der Waals surface area (Å²) >= 11 is 0. The molecule has 3 rings (SSSR count). The highest BCUT2D eigenvalue weighted by atomic mass is 32.2. The van der Waals surface area contributed by atoms with Crippen molar-refractivity contribution in [1.82, 2.24) is 8.87 Å². The van der Waals surface area contributed by atoms with Crippen LogP contribution >= 0.6 is 0 Å². The SMILES string of the molecule is CCCC[C@@H]1CN(S(=O)(=O)c2ccc3oc(=O)n(C)c3c2)C[C@H](C(C)C)O1. The van der Waals surface area contributed by atoms with Crippen molar-refractivity contribution >= 4 is 21.1 Å². The van der Waals surface area contributed by atoms with Crippen LogP contribution in [0.3, 0.4) is 0 Å². The van der Waals surface area contributed by atoms with Crippen molar-refractivity contribution in [3.63, 3.8) is 0 Å². The number of oxazole rings is 1. The van der Waals surface area contributed by atoms with E-state index >= 15 is 0 Å². The topological polar surface area (TPSA) is 81.8 Å². The van der Waals surface area contributed by atoms with E-state index in [0.717, 1.165) is 19.3 Å². The number of benzene rings is 1. The van der Waals surface area contributed by atoms with Crippen LogP contribution in [0.15, 0.2) is 32.3 Å².